The first-order valence-electron chi connectivity index (χ1n) is 5.67. The molecule has 0 aromatic rings. The van der Waals surface area contributed by atoms with Crippen LogP contribution in [0.3, 0.4) is 0 Å². The molecule has 1 atom stereocenters. The first kappa shape index (κ1) is 15.1. The van der Waals surface area contributed by atoms with E-state index in [1.165, 1.54) is 7.11 Å². The van der Waals surface area contributed by atoms with Crippen LogP contribution >= 0.6 is 0 Å². The van der Waals surface area contributed by atoms with Crippen molar-refractivity contribution in [1.82, 2.24) is 10.2 Å². The lowest BCUT2D eigenvalue weighted by Gasteiger charge is -2.19. The minimum Gasteiger partial charge on any atom is -0.466 e. The van der Waals surface area contributed by atoms with Crippen molar-refractivity contribution in [3.8, 4) is 0 Å². The van der Waals surface area contributed by atoms with E-state index in [2.05, 4.69) is 21.9 Å². The van der Waals surface area contributed by atoms with Gasteiger partial charge < -0.3 is 15.0 Å². The normalized spacial score (nSPS) is 14.0. The molecular formula is C12H24N2O2. The van der Waals surface area contributed by atoms with Crippen LogP contribution in [0.5, 0.6) is 0 Å². The second-order valence-electron chi connectivity index (χ2n) is 4.05. The molecule has 0 aliphatic heterocycles. The maximum atomic E-state index is 11.3. The lowest BCUT2D eigenvalue weighted by Crippen LogP contribution is -2.35. The van der Waals surface area contributed by atoms with Gasteiger partial charge in [0.05, 0.1) is 7.11 Å². The van der Waals surface area contributed by atoms with Crippen LogP contribution in [0.1, 0.15) is 20.3 Å². The Bertz CT molecular complexity index is 237. The highest BCUT2D eigenvalue weighted by Crippen LogP contribution is 2.01. The van der Waals surface area contributed by atoms with Gasteiger partial charge in [-0.05, 0) is 27.4 Å². The van der Waals surface area contributed by atoms with Crippen molar-refractivity contribution in [2.75, 3.05) is 34.3 Å². The molecule has 0 aromatic heterocycles. The standard InChI is InChI=1S/C12H24N2O2/c1-6-11(12(15)16-5)7-8-13-9-10(2)14(3)4/h7,10,13H,6,8-9H2,1-5H3. The zero-order chi connectivity index (χ0) is 12.6. The third-order valence-corrected chi connectivity index (χ3v) is 2.64. The molecule has 0 aromatic carbocycles. The summed E-state index contributed by atoms with van der Waals surface area (Å²) in [6, 6.07) is 0.483. The zero-order valence-corrected chi connectivity index (χ0v) is 11.0. The predicted octanol–water partition coefficient (Wildman–Crippen LogP) is 1.04. The Morgan fingerprint density at radius 1 is 1.50 bits per heavy atom. The fourth-order valence-corrected chi connectivity index (χ4v) is 1.17. The van der Waals surface area contributed by atoms with Gasteiger partial charge in [0.2, 0.25) is 0 Å². The fraction of sp³-hybridized carbons (Fsp3) is 0.750. The van der Waals surface area contributed by atoms with Gasteiger partial charge in [-0.2, -0.15) is 0 Å². The van der Waals surface area contributed by atoms with Gasteiger partial charge in [0.25, 0.3) is 0 Å². The average molecular weight is 228 g/mol. The maximum Gasteiger partial charge on any atom is 0.333 e. The Balaban J connectivity index is 3.93. The van der Waals surface area contributed by atoms with Crippen LogP contribution in [-0.4, -0.2) is 51.2 Å². The summed E-state index contributed by atoms with van der Waals surface area (Å²) >= 11 is 0. The molecule has 94 valence electrons. The number of rotatable bonds is 7. The number of esters is 1. The van der Waals surface area contributed by atoms with Crippen molar-refractivity contribution in [3.05, 3.63) is 11.6 Å². The van der Waals surface area contributed by atoms with Gasteiger partial charge in [-0.3, -0.25) is 0 Å². The second-order valence-corrected chi connectivity index (χ2v) is 4.05. The van der Waals surface area contributed by atoms with Crippen LogP contribution in [0, 0.1) is 0 Å². The molecule has 1 N–H and O–H groups in total. The average Bonchev–Trinajstić information content (AvgIpc) is 2.27. The van der Waals surface area contributed by atoms with Crippen LogP contribution < -0.4 is 5.32 Å². The van der Waals surface area contributed by atoms with E-state index in [9.17, 15) is 4.79 Å². The van der Waals surface area contributed by atoms with Crippen molar-refractivity contribution in [1.29, 1.82) is 0 Å². The van der Waals surface area contributed by atoms with Crippen LogP contribution in [0.4, 0.5) is 0 Å². The summed E-state index contributed by atoms with van der Waals surface area (Å²) in [5.74, 6) is -0.232. The van der Waals surface area contributed by atoms with Gasteiger partial charge in [-0.15, -0.1) is 0 Å². The van der Waals surface area contributed by atoms with E-state index in [0.717, 1.165) is 12.1 Å². The van der Waals surface area contributed by atoms with Crippen LogP contribution in [-0.2, 0) is 9.53 Å². The van der Waals surface area contributed by atoms with E-state index < -0.39 is 0 Å². The summed E-state index contributed by atoms with van der Waals surface area (Å²) in [4.78, 5) is 13.4. The van der Waals surface area contributed by atoms with E-state index in [4.69, 9.17) is 0 Å². The molecule has 1 unspecified atom stereocenters. The van der Waals surface area contributed by atoms with Crippen LogP contribution in [0.2, 0.25) is 0 Å². The Morgan fingerprint density at radius 3 is 2.56 bits per heavy atom. The molecule has 0 amide bonds. The molecule has 0 rings (SSSR count). The van der Waals surface area contributed by atoms with E-state index in [-0.39, 0.29) is 5.97 Å². The molecule has 0 aliphatic carbocycles. The Kier molecular flexibility index (Phi) is 7.85. The summed E-state index contributed by atoms with van der Waals surface area (Å²) in [7, 11) is 5.51. The number of likely N-dealkylation sites (N-methyl/N-ethyl adjacent to an activating group) is 1. The Morgan fingerprint density at radius 2 is 2.12 bits per heavy atom. The first-order valence-corrected chi connectivity index (χ1v) is 5.67. The van der Waals surface area contributed by atoms with Gasteiger partial charge in [-0.25, -0.2) is 4.79 Å². The van der Waals surface area contributed by atoms with E-state index in [0.29, 0.717) is 19.0 Å². The van der Waals surface area contributed by atoms with Crippen LogP contribution in [0.15, 0.2) is 11.6 Å². The van der Waals surface area contributed by atoms with Crippen molar-refractivity contribution in [2.24, 2.45) is 0 Å². The van der Waals surface area contributed by atoms with Crippen molar-refractivity contribution < 1.29 is 9.53 Å². The Labute approximate surface area is 98.6 Å². The minimum absolute atomic E-state index is 0.232. The largest absolute Gasteiger partial charge is 0.466 e. The van der Waals surface area contributed by atoms with Crippen molar-refractivity contribution >= 4 is 5.97 Å². The predicted molar refractivity (Wildman–Crippen MR) is 66.4 cm³/mol. The zero-order valence-electron chi connectivity index (χ0n) is 11.0. The SMILES string of the molecule is CCC(=CCNCC(C)N(C)C)C(=O)OC. The molecular weight excluding hydrogens is 204 g/mol. The molecule has 0 saturated heterocycles. The summed E-state index contributed by atoms with van der Waals surface area (Å²) < 4.78 is 4.68. The highest BCUT2D eigenvalue weighted by molar-refractivity contribution is 5.88. The number of nitrogens with one attached hydrogen (secondary N) is 1. The summed E-state index contributed by atoms with van der Waals surface area (Å²) in [5.41, 5.74) is 0.729. The minimum atomic E-state index is -0.232. The summed E-state index contributed by atoms with van der Waals surface area (Å²) in [6.07, 6.45) is 2.60. The lowest BCUT2D eigenvalue weighted by atomic mass is 10.2. The van der Waals surface area contributed by atoms with Gasteiger partial charge in [-0.1, -0.05) is 13.0 Å². The number of nitrogens with zero attached hydrogens (tertiary/aromatic N) is 1. The monoisotopic (exact) mass is 228 g/mol. The van der Waals surface area contributed by atoms with Gasteiger partial charge in [0.1, 0.15) is 0 Å². The number of methoxy groups -OCH3 is 1. The molecule has 4 nitrogen and oxygen atoms in total. The van der Waals surface area contributed by atoms with E-state index >= 15 is 0 Å². The molecule has 0 fully saturated rings. The molecule has 0 aliphatic rings. The third kappa shape index (κ3) is 5.88. The third-order valence-electron chi connectivity index (χ3n) is 2.64. The lowest BCUT2D eigenvalue weighted by molar-refractivity contribution is -0.136. The van der Waals surface area contributed by atoms with Crippen LogP contribution in [0.25, 0.3) is 0 Å². The quantitative estimate of drug-likeness (QED) is 0.401. The van der Waals surface area contributed by atoms with Gasteiger partial charge in [0, 0.05) is 24.7 Å². The first-order chi connectivity index (χ1) is 7.52. The molecule has 0 radical (unpaired) electrons. The molecule has 16 heavy (non-hydrogen) atoms. The molecule has 0 heterocycles. The smallest absolute Gasteiger partial charge is 0.333 e. The second kappa shape index (κ2) is 8.30. The number of hydrogen-bond donors (Lipinski definition) is 1. The highest BCUT2D eigenvalue weighted by atomic mass is 16.5. The molecule has 4 heteroatoms. The Hall–Kier alpha value is -0.870. The summed E-state index contributed by atoms with van der Waals surface area (Å²) in [5, 5.41) is 3.28. The fourth-order valence-electron chi connectivity index (χ4n) is 1.17. The van der Waals surface area contributed by atoms with Crippen molar-refractivity contribution in [3.63, 3.8) is 0 Å². The summed E-state index contributed by atoms with van der Waals surface area (Å²) in [6.45, 7) is 5.71. The highest BCUT2D eigenvalue weighted by Gasteiger charge is 2.06. The number of ether oxygens (including phenoxy) is 1. The topological polar surface area (TPSA) is 41.6 Å². The number of hydrogen-bond acceptors (Lipinski definition) is 4. The number of carbonyl (C=O) groups excluding carboxylic acids is 1. The number of carbonyl (C=O) groups is 1. The molecule has 0 saturated carbocycles. The van der Waals surface area contributed by atoms with E-state index in [1.54, 1.807) is 0 Å². The molecule has 0 spiro atoms. The van der Waals surface area contributed by atoms with Gasteiger partial charge >= 0.3 is 5.97 Å². The molecule has 0 bridgehead atoms. The van der Waals surface area contributed by atoms with Gasteiger partial charge in [0.15, 0.2) is 0 Å². The van der Waals surface area contributed by atoms with Crippen molar-refractivity contribution in [2.45, 2.75) is 26.3 Å². The van der Waals surface area contributed by atoms with E-state index in [1.807, 2.05) is 27.1 Å². The maximum absolute atomic E-state index is 11.3.